The quantitative estimate of drug-likeness (QED) is 0.324. The van der Waals surface area contributed by atoms with E-state index in [-0.39, 0.29) is 27.5 Å². The highest BCUT2D eigenvalue weighted by molar-refractivity contribution is 7.92. The Labute approximate surface area is 247 Å². The molecule has 42 heavy (non-hydrogen) atoms. The molecule has 10 nitrogen and oxygen atoms in total. The average Bonchev–Trinajstić information content (AvgIpc) is 3.35. The molecule has 3 N–H and O–H groups in total. The van der Waals surface area contributed by atoms with Crippen molar-refractivity contribution in [3.63, 3.8) is 0 Å². The predicted octanol–water partition coefficient (Wildman–Crippen LogP) is 4.54. The number of aromatic nitrogens is 4. The summed E-state index contributed by atoms with van der Waals surface area (Å²) in [5, 5.41) is 5.05. The van der Waals surface area contributed by atoms with E-state index in [2.05, 4.69) is 31.5 Å². The van der Waals surface area contributed by atoms with E-state index in [4.69, 9.17) is 22.4 Å². The van der Waals surface area contributed by atoms with Crippen LogP contribution in [0.15, 0.2) is 47.6 Å². The molecule has 0 saturated carbocycles. The van der Waals surface area contributed by atoms with E-state index in [1.165, 1.54) is 31.3 Å². The molecular formula is C28H31ClF2N8O2S. The Kier molecular flexibility index (Phi) is 7.77. The molecule has 2 fully saturated rings. The van der Waals surface area contributed by atoms with Crippen molar-refractivity contribution < 1.29 is 17.2 Å². The lowest BCUT2D eigenvalue weighted by Crippen LogP contribution is -2.47. The number of anilines is 2. The molecule has 2 aromatic heterocycles. The number of sulfonamides is 1. The van der Waals surface area contributed by atoms with Crippen molar-refractivity contribution in [2.75, 3.05) is 43.7 Å². The summed E-state index contributed by atoms with van der Waals surface area (Å²) < 4.78 is 58.5. The van der Waals surface area contributed by atoms with E-state index < -0.39 is 21.7 Å². The number of fused-ring (bicyclic) bond motifs is 1. The van der Waals surface area contributed by atoms with Crippen molar-refractivity contribution in [2.45, 2.75) is 42.7 Å². The molecule has 2 aliphatic heterocycles. The standard InChI is InChI=1S/C28H31ClF2N8O2S/c1-37-10-6-19(7-11-37)38-12-8-20(9-13-38)39-28-25(27(32)33-16-34-28)26(35-39)17-2-4-23(22(31)14-17)36-42(40,41)24-5-3-18(30)15-21(24)29/h2-5,14-16,19-20,36H,6-13H2,1H3,(H2,32,33,34). The van der Waals surface area contributed by atoms with Gasteiger partial charge in [-0.1, -0.05) is 17.7 Å². The van der Waals surface area contributed by atoms with Gasteiger partial charge >= 0.3 is 0 Å². The van der Waals surface area contributed by atoms with E-state index in [0.717, 1.165) is 57.2 Å². The van der Waals surface area contributed by atoms with Crippen LogP contribution in [-0.4, -0.2) is 77.2 Å². The van der Waals surface area contributed by atoms with Crippen LogP contribution < -0.4 is 10.5 Å². The summed E-state index contributed by atoms with van der Waals surface area (Å²) in [7, 11) is -2.12. The van der Waals surface area contributed by atoms with Crippen molar-refractivity contribution >= 4 is 44.2 Å². The number of nitrogens with zero attached hydrogens (tertiary/aromatic N) is 6. The number of benzene rings is 2. The zero-order valence-corrected chi connectivity index (χ0v) is 24.5. The van der Waals surface area contributed by atoms with Crippen molar-refractivity contribution in [3.05, 3.63) is 59.4 Å². The van der Waals surface area contributed by atoms with Crippen molar-refractivity contribution in [1.29, 1.82) is 0 Å². The first kappa shape index (κ1) is 28.7. The first-order valence-corrected chi connectivity index (χ1v) is 15.7. The number of nitrogen functional groups attached to an aromatic ring is 1. The van der Waals surface area contributed by atoms with Gasteiger partial charge in [-0.25, -0.2) is 31.8 Å². The fraction of sp³-hybridized carbons (Fsp3) is 0.393. The molecule has 0 amide bonds. The Morgan fingerprint density at radius 1 is 0.976 bits per heavy atom. The lowest BCUT2D eigenvalue weighted by molar-refractivity contribution is 0.0859. The second-order valence-corrected chi connectivity index (χ2v) is 13.0. The van der Waals surface area contributed by atoms with Gasteiger partial charge in [-0.05, 0) is 76.2 Å². The summed E-state index contributed by atoms with van der Waals surface area (Å²) in [6.45, 7) is 4.14. The Morgan fingerprint density at radius 3 is 2.38 bits per heavy atom. The van der Waals surface area contributed by atoms with Gasteiger partial charge in [0.05, 0.1) is 22.1 Å². The second kappa shape index (κ2) is 11.4. The van der Waals surface area contributed by atoms with Crippen LogP contribution in [0.3, 0.4) is 0 Å². The lowest BCUT2D eigenvalue weighted by atomic mass is 9.98. The third kappa shape index (κ3) is 5.53. The number of nitrogens with two attached hydrogens (primary N) is 1. The molecule has 0 unspecified atom stereocenters. The number of hydrogen-bond acceptors (Lipinski definition) is 8. The monoisotopic (exact) mass is 616 g/mol. The first-order chi connectivity index (χ1) is 20.1. The highest BCUT2D eigenvalue weighted by Crippen LogP contribution is 2.36. The van der Waals surface area contributed by atoms with Crippen LogP contribution in [0.4, 0.5) is 20.3 Å². The lowest BCUT2D eigenvalue weighted by Gasteiger charge is -2.41. The first-order valence-electron chi connectivity index (χ1n) is 13.8. The number of nitrogens with one attached hydrogen (secondary N) is 1. The van der Waals surface area contributed by atoms with E-state index in [1.54, 1.807) is 6.07 Å². The van der Waals surface area contributed by atoms with Crippen molar-refractivity contribution in [3.8, 4) is 11.3 Å². The summed E-state index contributed by atoms with van der Waals surface area (Å²) in [5.74, 6) is -1.30. The molecule has 4 aromatic rings. The SMILES string of the molecule is CN1CCC(N2CCC(n3nc(-c4ccc(NS(=O)(=O)c5ccc(F)cc5Cl)c(F)c4)c4c(N)ncnc43)CC2)CC1. The second-order valence-electron chi connectivity index (χ2n) is 10.9. The van der Waals surface area contributed by atoms with Crippen LogP contribution >= 0.6 is 11.6 Å². The molecular weight excluding hydrogens is 586 g/mol. The van der Waals surface area contributed by atoms with Gasteiger partial charge in [0.1, 0.15) is 34.4 Å². The van der Waals surface area contributed by atoms with Gasteiger partial charge in [0.15, 0.2) is 5.65 Å². The van der Waals surface area contributed by atoms with Gasteiger partial charge in [-0.15, -0.1) is 0 Å². The number of likely N-dealkylation sites (tertiary alicyclic amines) is 2. The summed E-state index contributed by atoms with van der Waals surface area (Å²) in [5.41, 5.74) is 7.35. The van der Waals surface area contributed by atoms with Crippen LogP contribution in [0.1, 0.15) is 31.7 Å². The fourth-order valence-electron chi connectivity index (χ4n) is 5.95. The normalized spacial score (nSPS) is 18.1. The minimum atomic E-state index is -4.28. The molecule has 0 aliphatic carbocycles. The Morgan fingerprint density at radius 2 is 1.69 bits per heavy atom. The number of rotatable bonds is 6. The minimum absolute atomic E-state index is 0.0921. The maximum absolute atomic E-state index is 15.3. The molecule has 14 heteroatoms. The topological polar surface area (TPSA) is 122 Å². The zero-order valence-electron chi connectivity index (χ0n) is 23.0. The maximum Gasteiger partial charge on any atom is 0.263 e. The molecule has 222 valence electrons. The van der Waals surface area contributed by atoms with Gasteiger partial charge in [0.2, 0.25) is 0 Å². The highest BCUT2D eigenvalue weighted by Gasteiger charge is 2.30. The predicted molar refractivity (Wildman–Crippen MR) is 158 cm³/mol. The number of halogens is 3. The van der Waals surface area contributed by atoms with Crippen molar-refractivity contribution in [1.82, 2.24) is 29.5 Å². The molecule has 6 rings (SSSR count). The largest absolute Gasteiger partial charge is 0.383 e. The third-order valence-electron chi connectivity index (χ3n) is 8.24. The summed E-state index contributed by atoms with van der Waals surface area (Å²) >= 11 is 5.92. The number of hydrogen-bond donors (Lipinski definition) is 2. The zero-order chi connectivity index (χ0) is 29.6. The van der Waals surface area contributed by atoms with E-state index >= 15 is 4.39 Å². The smallest absolute Gasteiger partial charge is 0.263 e. The average molecular weight is 617 g/mol. The molecule has 4 heterocycles. The molecule has 2 aliphatic rings. The van der Waals surface area contributed by atoms with Crippen LogP contribution in [-0.2, 0) is 10.0 Å². The Bertz CT molecular complexity index is 1740. The van der Waals surface area contributed by atoms with E-state index in [9.17, 15) is 12.8 Å². The minimum Gasteiger partial charge on any atom is -0.383 e. The molecule has 0 bridgehead atoms. The summed E-state index contributed by atoms with van der Waals surface area (Å²) in [4.78, 5) is 13.2. The van der Waals surface area contributed by atoms with Crippen LogP contribution in [0.2, 0.25) is 5.02 Å². The maximum atomic E-state index is 15.3. The molecule has 0 radical (unpaired) electrons. The van der Waals surface area contributed by atoms with E-state index in [1.807, 2.05) is 4.68 Å². The molecule has 2 aromatic carbocycles. The highest BCUT2D eigenvalue weighted by atomic mass is 35.5. The fourth-order valence-corrected chi connectivity index (χ4v) is 7.55. The molecule has 0 spiro atoms. The van der Waals surface area contributed by atoms with Gasteiger partial charge in [-0.3, -0.25) is 4.72 Å². The van der Waals surface area contributed by atoms with Gasteiger partial charge < -0.3 is 15.5 Å². The third-order valence-corrected chi connectivity index (χ3v) is 10.1. The van der Waals surface area contributed by atoms with Crippen LogP contribution in [0.5, 0.6) is 0 Å². The van der Waals surface area contributed by atoms with E-state index in [0.29, 0.717) is 28.3 Å². The molecule has 0 atom stereocenters. The summed E-state index contributed by atoms with van der Waals surface area (Å²) in [6.07, 6.45) is 5.54. The van der Waals surface area contributed by atoms with Crippen LogP contribution in [0, 0.1) is 11.6 Å². The summed E-state index contributed by atoms with van der Waals surface area (Å²) in [6, 6.07) is 7.59. The van der Waals surface area contributed by atoms with Crippen LogP contribution in [0.25, 0.3) is 22.3 Å². The molecule has 2 saturated heterocycles. The van der Waals surface area contributed by atoms with Gasteiger partial charge in [0, 0.05) is 24.7 Å². The Balaban J connectivity index is 1.26. The van der Waals surface area contributed by atoms with Gasteiger partial charge in [-0.2, -0.15) is 5.10 Å². The van der Waals surface area contributed by atoms with Crippen molar-refractivity contribution in [2.24, 2.45) is 0 Å². The number of piperidine rings is 2. The Hall–Kier alpha value is -3.39. The van der Waals surface area contributed by atoms with Gasteiger partial charge in [0.25, 0.3) is 10.0 Å².